The number of nitrogens with zero attached hydrogens (tertiary/aromatic N) is 2. The topological polar surface area (TPSA) is 52.7 Å². The molecule has 0 saturated carbocycles. The van der Waals surface area contributed by atoms with Gasteiger partial charge < -0.3 is 10.2 Å². The first kappa shape index (κ1) is 23.1. The number of hydrogen-bond donors (Lipinski definition) is 1. The molecule has 0 bridgehead atoms. The number of anilines is 1. The van der Waals surface area contributed by atoms with Crippen molar-refractivity contribution in [3.8, 4) is 0 Å². The van der Waals surface area contributed by atoms with Crippen molar-refractivity contribution in [1.29, 1.82) is 0 Å². The van der Waals surface area contributed by atoms with Crippen molar-refractivity contribution in [1.82, 2.24) is 9.80 Å². The van der Waals surface area contributed by atoms with E-state index >= 15 is 0 Å². The van der Waals surface area contributed by atoms with Crippen LogP contribution in [0.4, 0.5) is 18.9 Å². The predicted molar refractivity (Wildman–Crippen MR) is 113 cm³/mol. The van der Waals surface area contributed by atoms with E-state index in [1.54, 1.807) is 4.90 Å². The molecule has 1 saturated heterocycles. The second-order valence-electron chi connectivity index (χ2n) is 7.50. The van der Waals surface area contributed by atoms with Gasteiger partial charge in [-0.3, -0.25) is 14.5 Å². The molecule has 1 heterocycles. The van der Waals surface area contributed by atoms with Gasteiger partial charge in [-0.15, -0.1) is 0 Å². The zero-order chi connectivity index (χ0) is 22.6. The highest BCUT2D eigenvalue weighted by Gasteiger charge is 2.34. The van der Waals surface area contributed by atoms with E-state index in [0.717, 1.165) is 23.3 Å². The molecule has 0 radical (unpaired) electrons. The Kier molecular flexibility index (Phi) is 7.23. The summed E-state index contributed by atoms with van der Waals surface area (Å²) in [5.41, 5.74) is 0.734. The summed E-state index contributed by atoms with van der Waals surface area (Å²) < 4.78 is 39.5. The maximum atomic E-state index is 13.2. The molecule has 0 spiro atoms. The average molecular weight is 454 g/mol. The first-order valence-corrected chi connectivity index (χ1v) is 10.2. The zero-order valence-electron chi connectivity index (χ0n) is 17.0. The molecule has 9 heteroatoms. The van der Waals surface area contributed by atoms with Crippen molar-refractivity contribution in [3.63, 3.8) is 0 Å². The Hall–Kier alpha value is -2.58. The fourth-order valence-corrected chi connectivity index (χ4v) is 3.66. The van der Waals surface area contributed by atoms with Crippen molar-refractivity contribution < 1.29 is 22.8 Å². The monoisotopic (exact) mass is 453 g/mol. The molecule has 0 atom stereocenters. The quantitative estimate of drug-likeness (QED) is 0.744. The van der Waals surface area contributed by atoms with Gasteiger partial charge in [0.25, 0.3) is 0 Å². The standard InChI is InChI=1S/C22H23ClF3N3O2/c1-15-4-2-3-5-16(15)12-21(31)29-10-8-28(9-11-29)14-20(30)27-19-7-6-17(23)13-18(19)22(24,25)26/h2-7,13H,8-12,14H2,1H3,(H,27,30). The summed E-state index contributed by atoms with van der Waals surface area (Å²) in [6.45, 7) is 3.78. The van der Waals surface area contributed by atoms with Crippen LogP contribution in [0.15, 0.2) is 42.5 Å². The third-order valence-electron chi connectivity index (χ3n) is 5.26. The number of nitrogens with one attached hydrogen (secondary N) is 1. The number of rotatable bonds is 5. The largest absolute Gasteiger partial charge is 0.418 e. The Balaban J connectivity index is 1.52. The van der Waals surface area contributed by atoms with E-state index in [9.17, 15) is 22.8 Å². The summed E-state index contributed by atoms with van der Waals surface area (Å²) >= 11 is 5.66. The van der Waals surface area contributed by atoms with Crippen molar-refractivity contribution in [2.75, 3.05) is 38.0 Å². The van der Waals surface area contributed by atoms with Gasteiger partial charge in [0.2, 0.25) is 11.8 Å². The Bertz CT molecular complexity index is 957. The number of alkyl halides is 3. The van der Waals surface area contributed by atoms with Crippen LogP contribution in [0.2, 0.25) is 5.02 Å². The smallest absolute Gasteiger partial charge is 0.340 e. The summed E-state index contributed by atoms with van der Waals surface area (Å²) in [4.78, 5) is 28.4. The van der Waals surface area contributed by atoms with Gasteiger partial charge in [-0.05, 0) is 36.2 Å². The molecule has 0 unspecified atom stereocenters. The minimum Gasteiger partial charge on any atom is -0.340 e. The van der Waals surface area contributed by atoms with E-state index in [0.29, 0.717) is 32.6 Å². The minimum absolute atomic E-state index is 0.0226. The maximum absolute atomic E-state index is 13.2. The van der Waals surface area contributed by atoms with Crippen molar-refractivity contribution >= 4 is 29.1 Å². The van der Waals surface area contributed by atoms with Gasteiger partial charge >= 0.3 is 6.18 Å². The highest BCUT2D eigenvalue weighted by molar-refractivity contribution is 6.30. The van der Waals surface area contributed by atoms with Crippen LogP contribution in [0.3, 0.4) is 0 Å². The number of piperazine rings is 1. The van der Waals surface area contributed by atoms with Crippen molar-refractivity contribution in [3.05, 3.63) is 64.2 Å². The van der Waals surface area contributed by atoms with Crippen LogP contribution < -0.4 is 5.32 Å². The molecule has 1 N–H and O–H groups in total. The molecule has 0 aromatic heterocycles. The summed E-state index contributed by atoms with van der Waals surface area (Å²) in [6, 6.07) is 10.9. The third kappa shape index (κ3) is 6.21. The van der Waals surface area contributed by atoms with Crippen LogP contribution in [0.5, 0.6) is 0 Å². The average Bonchev–Trinajstić information content (AvgIpc) is 2.71. The fraction of sp³-hybridized carbons (Fsp3) is 0.364. The summed E-state index contributed by atoms with van der Waals surface area (Å²) in [5.74, 6) is -0.526. The Morgan fingerprint density at radius 3 is 2.39 bits per heavy atom. The Morgan fingerprint density at radius 1 is 1.06 bits per heavy atom. The number of hydrogen-bond acceptors (Lipinski definition) is 3. The summed E-state index contributed by atoms with van der Waals surface area (Å²) in [6.07, 6.45) is -4.31. The lowest BCUT2D eigenvalue weighted by Gasteiger charge is -2.34. The van der Waals surface area contributed by atoms with Crippen molar-refractivity contribution in [2.45, 2.75) is 19.5 Å². The molecule has 3 rings (SSSR count). The first-order valence-electron chi connectivity index (χ1n) is 9.84. The van der Waals surface area contributed by atoms with E-state index in [-0.39, 0.29) is 23.2 Å². The molecule has 166 valence electrons. The van der Waals surface area contributed by atoms with Gasteiger partial charge in [0.05, 0.1) is 24.2 Å². The molecule has 5 nitrogen and oxygen atoms in total. The minimum atomic E-state index is -4.63. The van der Waals surface area contributed by atoms with Crippen LogP contribution in [-0.4, -0.2) is 54.3 Å². The number of amides is 2. The molecule has 31 heavy (non-hydrogen) atoms. The van der Waals surface area contributed by atoms with Crippen LogP contribution in [0.25, 0.3) is 0 Å². The molecular weight excluding hydrogens is 431 g/mol. The van der Waals surface area contributed by atoms with E-state index in [2.05, 4.69) is 5.32 Å². The molecule has 2 amide bonds. The van der Waals surface area contributed by atoms with Crippen LogP contribution in [0, 0.1) is 6.92 Å². The van der Waals surface area contributed by atoms with E-state index in [1.807, 2.05) is 36.1 Å². The Labute approximate surface area is 183 Å². The van der Waals surface area contributed by atoms with Gasteiger partial charge in [-0.1, -0.05) is 35.9 Å². The van der Waals surface area contributed by atoms with Gasteiger partial charge in [0, 0.05) is 31.2 Å². The lowest BCUT2D eigenvalue weighted by molar-refractivity contribution is -0.137. The van der Waals surface area contributed by atoms with Crippen LogP contribution in [-0.2, 0) is 22.2 Å². The molecule has 1 aliphatic heterocycles. The highest BCUT2D eigenvalue weighted by atomic mass is 35.5. The third-order valence-corrected chi connectivity index (χ3v) is 5.49. The molecule has 2 aromatic carbocycles. The van der Waals surface area contributed by atoms with Gasteiger partial charge in [0.1, 0.15) is 0 Å². The molecule has 2 aromatic rings. The lowest BCUT2D eigenvalue weighted by atomic mass is 10.1. The van der Waals surface area contributed by atoms with Crippen molar-refractivity contribution in [2.24, 2.45) is 0 Å². The number of benzene rings is 2. The van der Waals surface area contributed by atoms with Gasteiger partial charge in [-0.2, -0.15) is 13.2 Å². The number of carbonyl (C=O) groups is 2. The number of carbonyl (C=O) groups excluding carboxylic acids is 2. The van der Waals surface area contributed by atoms with Crippen LogP contribution in [0.1, 0.15) is 16.7 Å². The molecule has 0 aliphatic carbocycles. The highest BCUT2D eigenvalue weighted by Crippen LogP contribution is 2.36. The molecular formula is C22H23ClF3N3O2. The summed E-state index contributed by atoms with van der Waals surface area (Å²) in [7, 11) is 0. The van der Waals surface area contributed by atoms with Crippen LogP contribution >= 0.6 is 11.6 Å². The first-order chi connectivity index (χ1) is 14.6. The molecule has 1 aliphatic rings. The van der Waals surface area contributed by atoms with Gasteiger partial charge in [0.15, 0.2) is 0 Å². The fourth-order valence-electron chi connectivity index (χ4n) is 3.49. The lowest BCUT2D eigenvalue weighted by Crippen LogP contribution is -2.50. The van der Waals surface area contributed by atoms with E-state index in [1.165, 1.54) is 6.07 Å². The van der Waals surface area contributed by atoms with E-state index < -0.39 is 17.6 Å². The number of aryl methyl sites for hydroxylation is 1. The molecule has 1 fully saturated rings. The van der Waals surface area contributed by atoms with E-state index in [4.69, 9.17) is 11.6 Å². The van der Waals surface area contributed by atoms with Gasteiger partial charge in [-0.25, -0.2) is 0 Å². The normalized spacial score (nSPS) is 15.1. The second kappa shape index (κ2) is 9.70. The summed E-state index contributed by atoms with van der Waals surface area (Å²) in [5, 5.41) is 2.27. The zero-order valence-corrected chi connectivity index (χ0v) is 17.8. The number of halogens is 4. The second-order valence-corrected chi connectivity index (χ2v) is 7.93. The maximum Gasteiger partial charge on any atom is 0.418 e. The Morgan fingerprint density at radius 2 is 1.74 bits per heavy atom. The SMILES string of the molecule is Cc1ccccc1CC(=O)N1CCN(CC(=O)Nc2ccc(Cl)cc2C(F)(F)F)CC1. The predicted octanol–water partition coefficient (Wildman–Crippen LogP) is 3.99.